The molecule has 0 radical (unpaired) electrons. The van der Waals surface area contributed by atoms with Crippen LogP contribution in [0.2, 0.25) is 0 Å². The lowest BCUT2D eigenvalue weighted by atomic mass is 9.94. The zero-order valence-electron chi connectivity index (χ0n) is 31.2. The molecular weight excluding hydrogens is 528 g/mol. The maximum Gasteiger partial charge on any atom is -0.0214 e. The van der Waals surface area contributed by atoms with Gasteiger partial charge < -0.3 is 0 Å². The second-order valence-electron chi connectivity index (χ2n) is 14.0. The monoisotopic (exact) mass is 593 g/mol. The van der Waals surface area contributed by atoms with Crippen molar-refractivity contribution in [3.63, 3.8) is 0 Å². The van der Waals surface area contributed by atoms with E-state index in [4.69, 9.17) is 0 Å². The predicted octanol–water partition coefficient (Wildman–Crippen LogP) is 13.7. The van der Waals surface area contributed by atoms with Crippen molar-refractivity contribution in [3.05, 3.63) is 140 Å². The summed E-state index contributed by atoms with van der Waals surface area (Å²) in [5.74, 6) is 2.59. The van der Waals surface area contributed by atoms with Gasteiger partial charge in [0.15, 0.2) is 0 Å². The molecule has 0 aliphatic rings. The summed E-state index contributed by atoms with van der Waals surface area (Å²) in [5.41, 5.74) is 17.0. The Hall–Kier alpha value is -3.12. The lowest BCUT2D eigenvalue weighted by molar-refractivity contribution is 0.846. The molecule has 0 atom stereocenters. The highest BCUT2D eigenvalue weighted by Gasteiger charge is 2.05. The highest BCUT2D eigenvalue weighted by atomic mass is 14.1. The first-order valence-corrected chi connectivity index (χ1v) is 16.7. The molecule has 44 heavy (non-hydrogen) atoms. The quantitative estimate of drug-likeness (QED) is 0.221. The number of hydrogen-bond acceptors (Lipinski definition) is 0. The zero-order valence-corrected chi connectivity index (χ0v) is 31.2. The predicted molar refractivity (Wildman–Crippen MR) is 200 cm³/mol. The average Bonchev–Trinajstić information content (AvgIpc) is 2.92. The number of aryl methyl sites for hydroxylation is 8. The molecule has 0 saturated heterocycles. The maximum atomic E-state index is 2.28. The molecule has 0 heteroatoms. The minimum absolute atomic E-state index is 0.647. The second-order valence-corrected chi connectivity index (χ2v) is 14.0. The van der Waals surface area contributed by atoms with Crippen LogP contribution in [-0.4, -0.2) is 0 Å². The van der Waals surface area contributed by atoms with Crippen LogP contribution >= 0.6 is 0 Å². The first-order valence-electron chi connectivity index (χ1n) is 16.7. The van der Waals surface area contributed by atoms with Crippen molar-refractivity contribution in [2.75, 3.05) is 0 Å². The van der Waals surface area contributed by atoms with E-state index >= 15 is 0 Å². The molecule has 0 nitrogen and oxygen atoms in total. The molecule has 4 aromatic rings. The van der Waals surface area contributed by atoms with Gasteiger partial charge in [-0.3, -0.25) is 0 Å². The Labute approximate surface area is 273 Å². The molecule has 0 unspecified atom stereocenters. The van der Waals surface area contributed by atoms with Crippen molar-refractivity contribution in [1.29, 1.82) is 0 Å². The van der Waals surface area contributed by atoms with E-state index in [1.165, 1.54) is 66.8 Å². The van der Waals surface area contributed by atoms with E-state index in [-0.39, 0.29) is 0 Å². The van der Waals surface area contributed by atoms with Gasteiger partial charge in [0, 0.05) is 0 Å². The summed E-state index contributed by atoms with van der Waals surface area (Å²) in [6.07, 6.45) is 0. The van der Waals surface area contributed by atoms with Crippen molar-refractivity contribution in [2.45, 2.75) is 134 Å². The van der Waals surface area contributed by atoms with Gasteiger partial charge in [0.1, 0.15) is 0 Å². The fourth-order valence-corrected chi connectivity index (χ4v) is 5.72. The molecule has 0 aromatic heterocycles. The molecule has 0 aliphatic carbocycles. The van der Waals surface area contributed by atoms with Crippen LogP contribution in [0, 0.1) is 55.4 Å². The van der Waals surface area contributed by atoms with E-state index in [1.54, 1.807) is 0 Å². The van der Waals surface area contributed by atoms with E-state index in [0.29, 0.717) is 23.7 Å². The molecule has 4 aromatic carbocycles. The molecule has 0 saturated carbocycles. The fraction of sp³-hybridized carbons (Fsp3) is 0.455. The normalized spacial score (nSPS) is 10.6. The van der Waals surface area contributed by atoms with Crippen LogP contribution in [0.4, 0.5) is 0 Å². The lowest BCUT2D eigenvalue weighted by Gasteiger charge is -2.12. The van der Waals surface area contributed by atoms with Gasteiger partial charge in [-0.25, -0.2) is 0 Å². The zero-order chi connectivity index (χ0) is 33.7. The SMILES string of the molecule is Cc1ccc(C(C)C)c(C)c1.Cc1ccc(C(C)C)cc1C.Cc1ccc(C)c(C(C)C)c1.Cc1cccc(C)c1C(C)C. The summed E-state index contributed by atoms with van der Waals surface area (Å²) < 4.78 is 0. The van der Waals surface area contributed by atoms with Crippen molar-refractivity contribution in [2.24, 2.45) is 0 Å². The van der Waals surface area contributed by atoms with Crippen LogP contribution in [0.1, 0.15) is 146 Å². The Bertz CT molecular complexity index is 1410. The first-order chi connectivity index (χ1) is 20.5. The summed E-state index contributed by atoms with van der Waals surface area (Å²) in [7, 11) is 0. The van der Waals surface area contributed by atoms with Gasteiger partial charge in [0.05, 0.1) is 0 Å². The second kappa shape index (κ2) is 18.6. The van der Waals surface area contributed by atoms with E-state index < -0.39 is 0 Å². The van der Waals surface area contributed by atoms with Gasteiger partial charge in [-0.05, 0) is 135 Å². The third-order valence-electron chi connectivity index (χ3n) is 8.42. The third-order valence-corrected chi connectivity index (χ3v) is 8.42. The van der Waals surface area contributed by atoms with E-state index in [1.807, 2.05) is 0 Å². The summed E-state index contributed by atoms with van der Waals surface area (Å²) in [6.45, 7) is 35.2. The topological polar surface area (TPSA) is 0 Å². The highest BCUT2D eigenvalue weighted by molar-refractivity contribution is 5.36. The van der Waals surface area contributed by atoms with Crippen LogP contribution in [0.25, 0.3) is 0 Å². The van der Waals surface area contributed by atoms with Crippen molar-refractivity contribution < 1.29 is 0 Å². The van der Waals surface area contributed by atoms with E-state index in [9.17, 15) is 0 Å². The summed E-state index contributed by atoms with van der Waals surface area (Å²) in [4.78, 5) is 0. The Balaban J connectivity index is 0.000000293. The van der Waals surface area contributed by atoms with Gasteiger partial charge >= 0.3 is 0 Å². The molecular formula is C44H64. The van der Waals surface area contributed by atoms with Gasteiger partial charge in [-0.15, -0.1) is 0 Å². The van der Waals surface area contributed by atoms with Gasteiger partial charge in [-0.1, -0.05) is 139 Å². The molecule has 0 amide bonds. The number of rotatable bonds is 4. The number of hydrogen-bond donors (Lipinski definition) is 0. The third kappa shape index (κ3) is 12.9. The molecule has 4 rings (SSSR count). The van der Waals surface area contributed by atoms with Crippen LogP contribution in [0.5, 0.6) is 0 Å². The van der Waals surface area contributed by atoms with Crippen molar-refractivity contribution in [1.82, 2.24) is 0 Å². The smallest absolute Gasteiger partial charge is 0.0214 e. The first kappa shape index (κ1) is 38.9. The summed E-state index contributed by atoms with van der Waals surface area (Å²) >= 11 is 0. The molecule has 0 heterocycles. The Morgan fingerprint density at radius 3 is 1.25 bits per heavy atom. The van der Waals surface area contributed by atoms with Crippen molar-refractivity contribution >= 4 is 0 Å². The Morgan fingerprint density at radius 2 is 0.841 bits per heavy atom. The van der Waals surface area contributed by atoms with Crippen LogP contribution in [0.3, 0.4) is 0 Å². The van der Waals surface area contributed by atoms with Crippen LogP contribution in [-0.2, 0) is 0 Å². The van der Waals surface area contributed by atoms with E-state index in [0.717, 1.165) is 0 Å². The molecule has 0 aliphatic heterocycles. The fourth-order valence-electron chi connectivity index (χ4n) is 5.72. The standard InChI is InChI=1S/4C11H16/c1-8(2)11-6-5-9(3)10(4)7-11;1-8(2)11-6-5-9(3)7-10(11)4;1-8(2)11-7-9(3)5-6-10(11)4;1-8(2)11-9(3)6-5-7-10(11)4/h4*5-8H,1-4H3. The molecule has 240 valence electrons. The van der Waals surface area contributed by atoms with Gasteiger partial charge in [0.25, 0.3) is 0 Å². The molecule has 0 fully saturated rings. The largest absolute Gasteiger partial charge is 0.0617 e. The number of benzene rings is 4. The molecule has 0 N–H and O–H groups in total. The van der Waals surface area contributed by atoms with Gasteiger partial charge in [-0.2, -0.15) is 0 Å². The van der Waals surface area contributed by atoms with Gasteiger partial charge in [0.2, 0.25) is 0 Å². The molecule has 0 bridgehead atoms. The average molecular weight is 593 g/mol. The van der Waals surface area contributed by atoms with Crippen molar-refractivity contribution in [3.8, 4) is 0 Å². The maximum absolute atomic E-state index is 2.28. The van der Waals surface area contributed by atoms with Crippen LogP contribution < -0.4 is 0 Å². The summed E-state index contributed by atoms with van der Waals surface area (Å²) in [5, 5.41) is 0. The highest BCUT2D eigenvalue weighted by Crippen LogP contribution is 2.23. The Kier molecular flexibility index (Phi) is 16.5. The Morgan fingerprint density at radius 1 is 0.341 bits per heavy atom. The molecule has 0 spiro atoms. The van der Waals surface area contributed by atoms with Crippen LogP contribution in [0.15, 0.2) is 72.8 Å². The lowest BCUT2D eigenvalue weighted by Crippen LogP contribution is -1.94. The minimum atomic E-state index is 0.647. The minimum Gasteiger partial charge on any atom is -0.0617 e. The summed E-state index contributed by atoms with van der Waals surface area (Å²) in [6, 6.07) is 26.5. The van der Waals surface area contributed by atoms with E-state index in [2.05, 4.69) is 184 Å².